The Morgan fingerprint density at radius 3 is 2.52 bits per heavy atom. The van der Waals surface area contributed by atoms with Gasteiger partial charge in [0, 0.05) is 6.54 Å². The number of esters is 1. The molecule has 1 spiro atoms. The molecule has 3 heterocycles. The lowest BCUT2D eigenvalue weighted by Gasteiger charge is -2.39. The molecular weight excluding hydrogens is 532 g/mol. The van der Waals surface area contributed by atoms with Crippen LogP contribution in [0.15, 0.2) is 67.3 Å². The SMILES string of the molecule is C=CCN(C(=O)C1N([C@H](CO)c2ccccc2)C(=O)[C@@H]2[C@H](C(=O)OCC)[C@]3(CC)CCC12O3)c1ccccc1Cl. The summed E-state index contributed by atoms with van der Waals surface area (Å²) in [6.07, 6.45) is 3.01. The zero-order valence-corrected chi connectivity index (χ0v) is 23.5. The van der Waals surface area contributed by atoms with Crippen molar-refractivity contribution in [2.45, 2.75) is 56.4 Å². The Hall–Kier alpha value is -3.20. The molecule has 0 aliphatic carbocycles. The van der Waals surface area contributed by atoms with Gasteiger partial charge in [-0.15, -0.1) is 6.58 Å². The molecule has 0 aromatic heterocycles. The van der Waals surface area contributed by atoms with Crippen molar-refractivity contribution in [3.05, 3.63) is 77.8 Å². The van der Waals surface area contributed by atoms with Gasteiger partial charge in [-0.05, 0) is 43.9 Å². The Labute approximate surface area is 239 Å². The van der Waals surface area contributed by atoms with Crippen LogP contribution in [0.25, 0.3) is 0 Å². The Morgan fingerprint density at radius 1 is 1.20 bits per heavy atom. The van der Waals surface area contributed by atoms with E-state index in [2.05, 4.69) is 6.58 Å². The van der Waals surface area contributed by atoms with E-state index in [9.17, 15) is 19.5 Å². The molecule has 6 atom stereocenters. The first-order valence-electron chi connectivity index (χ1n) is 13.8. The minimum Gasteiger partial charge on any atom is -0.466 e. The Balaban J connectivity index is 1.69. The second-order valence-electron chi connectivity index (χ2n) is 10.6. The largest absolute Gasteiger partial charge is 0.466 e. The van der Waals surface area contributed by atoms with Crippen molar-refractivity contribution in [3.8, 4) is 0 Å². The zero-order valence-electron chi connectivity index (χ0n) is 22.8. The number of amides is 2. The van der Waals surface area contributed by atoms with Crippen LogP contribution in [-0.2, 0) is 23.9 Å². The van der Waals surface area contributed by atoms with Gasteiger partial charge in [0.25, 0.3) is 5.91 Å². The quantitative estimate of drug-likeness (QED) is 0.340. The number of ether oxygens (including phenoxy) is 2. The highest BCUT2D eigenvalue weighted by molar-refractivity contribution is 6.34. The van der Waals surface area contributed by atoms with E-state index in [1.54, 1.807) is 37.3 Å². The standard InChI is InChI=1S/C31H35ClN2O6/c1-4-18-33(22-15-11-10-14-21(22)32)28(37)26-31-17-16-30(5-2,40-31)25(29(38)39-6-3)24(31)27(36)34(26)23(19-35)20-12-8-7-9-13-20/h4,7-15,23-26,35H,1,5-6,16-19H2,2-3H3/t23-,24+,25-,26?,30+,31?/m1/s1. The number of carbonyl (C=O) groups excluding carboxylic acids is 3. The summed E-state index contributed by atoms with van der Waals surface area (Å²) in [4.78, 5) is 45.7. The molecule has 2 bridgehead atoms. The highest BCUT2D eigenvalue weighted by Gasteiger charge is 2.79. The van der Waals surface area contributed by atoms with Gasteiger partial charge in [-0.25, -0.2) is 0 Å². The summed E-state index contributed by atoms with van der Waals surface area (Å²) in [7, 11) is 0. The molecule has 2 aromatic carbocycles. The molecular formula is C31H35ClN2O6. The van der Waals surface area contributed by atoms with Crippen molar-refractivity contribution in [3.63, 3.8) is 0 Å². The summed E-state index contributed by atoms with van der Waals surface area (Å²) in [5.41, 5.74) is -1.04. The molecule has 0 radical (unpaired) electrons. The number of hydrogen-bond donors (Lipinski definition) is 1. The van der Waals surface area contributed by atoms with E-state index in [1.165, 1.54) is 9.80 Å². The van der Waals surface area contributed by atoms with Crippen LogP contribution < -0.4 is 4.90 Å². The fourth-order valence-electron chi connectivity index (χ4n) is 7.15. The molecule has 40 heavy (non-hydrogen) atoms. The lowest BCUT2D eigenvalue weighted by molar-refractivity contribution is -0.161. The van der Waals surface area contributed by atoms with Crippen LogP contribution >= 0.6 is 11.6 Å². The number of anilines is 1. The summed E-state index contributed by atoms with van der Waals surface area (Å²) in [5, 5.41) is 11.0. The second-order valence-corrected chi connectivity index (χ2v) is 11.0. The van der Waals surface area contributed by atoms with Gasteiger partial charge in [-0.2, -0.15) is 0 Å². The minimum absolute atomic E-state index is 0.136. The smallest absolute Gasteiger partial charge is 0.312 e. The molecule has 2 unspecified atom stereocenters. The number of benzene rings is 2. The van der Waals surface area contributed by atoms with Crippen molar-refractivity contribution < 1.29 is 29.0 Å². The lowest BCUT2D eigenvalue weighted by Crippen LogP contribution is -2.57. The summed E-state index contributed by atoms with van der Waals surface area (Å²) in [5.74, 6) is -3.08. The molecule has 2 aromatic rings. The molecule has 1 N–H and O–H groups in total. The van der Waals surface area contributed by atoms with Crippen LogP contribution in [0.3, 0.4) is 0 Å². The van der Waals surface area contributed by atoms with E-state index in [1.807, 2.05) is 37.3 Å². The molecule has 212 valence electrons. The number of aliphatic hydroxyl groups excluding tert-OH is 1. The summed E-state index contributed by atoms with van der Waals surface area (Å²) < 4.78 is 12.3. The first-order chi connectivity index (χ1) is 19.3. The van der Waals surface area contributed by atoms with Gasteiger partial charge in [0.1, 0.15) is 17.6 Å². The highest BCUT2D eigenvalue weighted by Crippen LogP contribution is 2.65. The second kappa shape index (κ2) is 11.0. The topological polar surface area (TPSA) is 96.4 Å². The third kappa shape index (κ3) is 4.16. The third-order valence-electron chi connectivity index (χ3n) is 8.81. The van der Waals surface area contributed by atoms with Gasteiger partial charge >= 0.3 is 5.97 Å². The average Bonchev–Trinajstić information content (AvgIpc) is 3.57. The van der Waals surface area contributed by atoms with Crippen molar-refractivity contribution in [1.82, 2.24) is 4.90 Å². The molecule has 0 saturated carbocycles. The van der Waals surface area contributed by atoms with Gasteiger partial charge in [0.2, 0.25) is 5.91 Å². The molecule has 5 rings (SSSR count). The number of hydrogen-bond acceptors (Lipinski definition) is 6. The molecule has 3 aliphatic heterocycles. The maximum Gasteiger partial charge on any atom is 0.312 e. The normalized spacial score (nSPS) is 29.2. The van der Waals surface area contributed by atoms with Crippen LogP contribution in [0.1, 0.15) is 44.7 Å². The van der Waals surface area contributed by atoms with Crippen molar-refractivity contribution >= 4 is 35.1 Å². The highest BCUT2D eigenvalue weighted by atomic mass is 35.5. The van der Waals surface area contributed by atoms with Crippen molar-refractivity contribution in [1.29, 1.82) is 0 Å². The van der Waals surface area contributed by atoms with E-state index < -0.39 is 59.5 Å². The summed E-state index contributed by atoms with van der Waals surface area (Å²) in [6.45, 7) is 7.38. The van der Waals surface area contributed by atoms with Gasteiger partial charge in [-0.1, -0.05) is 67.1 Å². The number of para-hydroxylation sites is 1. The Bertz CT molecular complexity index is 1300. The fraction of sp³-hybridized carbons (Fsp3) is 0.452. The Morgan fingerprint density at radius 2 is 1.90 bits per heavy atom. The van der Waals surface area contributed by atoms with Crippen LogP contribution in [0.4, 0.5) is 5.69 Å². The van der Waals surface area contributed by atoms with Gasteiger partial charge in [0.05, 0.1) is 41.5 Å². The van der Waals surface area contributed by atoms with Gasteiger partial charge in [0.15, 0.2) is 0 Å². The third-order valence-corrected chi connectivity index (χ3v) is 9.13. The Kier molecular flexibility index (Phi) is 7.79. The van der Waals surface area contributed by atoms with E-state index >= 15 is 0 Å². The fourth-order valence-corrected chi connectivity index (χ4v) is 7.38. The van der Waals surface area contributed by atoms with Crippen LogP contribution in [0, 0.1) is 11.8 Å². The molecule has 3 aliphatic rings. The maximum atomic E-state index is 14.8. The monoisotopic (exact) mass is 566 g/mol. The molecule has 8 nitrogen and oxygen atoms in total. The molecule has 3 fully saturated rings. The predicted octanol–water partition coefficient (Wildman–Crippen LogP) is 4.31. The average molecular weight is 567 g/mol. The van der Waals surface area contributed by atoms with Crippen molar-refractivity contribution in [2.75, 3.05) is 24.7 Å². The minimum atomic E-state index is -1.27. The molecule has 9 heteroatoms. The van der Waals surface area contributed by atoms with Crippen LogP contribution in [-0.4, -0.2) is 64.8 Å². The number of fused-ring (bicyclic) bond motifs is 1. The number of likely N-dealkylation sites (tertiary alicyclic amines) is 1. The number of rotatable bonds is 10. The summed E-state index contributed by atoms with van der Waals surface area (Å²) in [6, 6.07) is 14.1. The first-order valence-corrected chi connectivity index (χ1v) is 14.2. The maximum absolute atomic E-state index is 14.8. The number of carbonyl (C=O) groups is 3. The number of halogens is 1. The summed E-state index contributed by atoms with van der Waals surface area (Å²) >= 11 is 6.55. The molecule has 3 saturated heterocycles. The van der Waals surface area contributed by atoms with Crippen molar-refractivity contribution in [2.24, 2.45) is 11.8 Å². The number of aliphatic hydroxyl groups is 1. The van der Waals surface area contributed by atoms with E-state index in [-0.39, 0.29) is 13.2 Å². The predicted molar refractivity (Wildman–Crippen MR) is 151 cm³/mol. The van der Waals surface area contributed by atoms with E-state index in [4.69, 9.17) is 21.1 Å². The van der Waals surface area contributed by atoms with E-state index in [0.717, 1.165) is 0 Å². The first kappa shape index (κ1) is 28.3. The zero-order chi connectivity index (χ0) is 28.7. The van der Waals surface area contributed by atoms with Crippen LogP contribution in [0.2, 0.25) is 5.02 Å². The van der Waals surface area contributed by atoms with Gasteiger partial charge in [-0.3, -0.25) is 14.4 Å². The van der Waals surface area contributed by atoms with Gasteiger partial charge < -0.3 is 24.4 Å². The molecule has 2 amide bonds. The number of nitrogens with zero attached hydrogens (tertiary/aromatic N) is 2. The lowest BCUT2D eigenvalue weighted by atomic mass is 9.65. The van der Waals surface area contributed by atoms with Crippen LogP contribution in [0.5, 0.6) is 0 Å². The van der Waals surface area contributed by atoms with E-state index in [0.29, 0.717) is 35.5 Å².